The van der Waals surface area contributed by atoms with E-state index in [2.05, 4.69) is 43.5 Å². The van der Waals surface area contributed by atoms with Crippen molar-refractivity contribution in [3.05, 3.63) is 36.5 Å². The highest BCUT2D eigenvalue weighted by molar-refractivity contribution is 5.76. The van der Waals surface area contributed by atoms with E-state index in [1.54, 1.807) is 6.08 Å². The molecule has 1 saturated heterocycles. The Labute approximate surface area is 498 Å². The van der Waals surface area contributed by atoms with Crippen molar-refractivity contribution >= 4 is 11.9 Å². The van der Waals surface area contributed by atoms with Crippen LogP contribution in [0.15, 0.2) is 36.5 Å². The van der Waals surface area contributed by atoms with Gasteiger partial charge in [0.05, 0.1) is 32.0 Å². The number of ether oxygens (including phenoxy) is 3. The van der Waals surface area contributed by atoms with E-state index in [9.17, 15) is 35.1 Å². The first-order chi connectivity index (χ1) is 39.7. The van der Waals surface area contributed by atoms with Crippen molar-refractivity contribution in [2.24, 2.45) is 0 Å². The Morgan fingerprint density at radius 3 is 1.20 bits per heavy atom. The lowest BCUT2D eigenvalue weighted by Crippen LogP contribution is -2.60. The molecule has 7 unspecified atom stereocenters. The van der Waals surface area contributed by atoms with Gasteiger partial charge < -0.3 is 45.1 Å². The van der Waals surface area contributed by atoms with Gasteiger partial charge in [0.15, 0.2) is 6.29 Å². The molecule has 11 nitrogen and oxygen atoms in total. The standard InChI is InChI=1S/C70H131NO10/c1-3-5-7-9-11-13-36-40-44-48-52-56-63(73)62(61-80-70-69(78)68(77)67(76)64(60-72)81-70)71-65(74)57-53-49-45-41-38-34-32-30-28-26-24-22-20-18-16-15-17-19-21-23-25-27-29-31-33-35-39-43-47-51-55-59-79-66(75)58-54-50-46-42-37-14-12-10-8-6-4-2/h7,9,36,40,52,56,62-64,67-70,72-73,76-78H,3-6,8,10-35,37-39,41-51,53-55,57-61H2,1-2H3,(H,71,74)/b9-7+,40-36+,56-52+. The van der Waals surface area contributed by atoms with Crippen LogP contribution >= 0.6 is 0 Å². The van der Waals surface area contributed by atoms with Crippen molar-refractivity contribution in [3.8, 4) is 0 Å². The maximum absolute atomic E-state index is 13.0. The summed E-state index contributed by atoms with van der Waals surface area (Å²) >= 11 is 0. The van der Waals surface area contributed by atoms with Gasteiger partial charge in [-0.15, -0.1) is 0 Å². The maximum atomic E-state index is 13.0. The summed E-state index contributed by atoms with van der Waals surface area (Å²) in [7, 11) is 0. The van der Waals surface area contributed by atoms with Gasteiger partial charge in [0.1, 0.15) is 24.4 Å². The average Bonchev–Trinajstić information content (AvgIpc) is 3.47. The Morgan fingerprint density at radius 2 is 0.802 bits per heavy atom. The predicted octanol–water partition coefficient (Wildman–Crippen LogP) is 17.4. The minimum absolute atomic E-state index is 0.0122. The molecule has 81 heavy (non-hydrogen) atoms. The molecule has 0 aromatic rings. The van der Waals surface area contributed by atoms with E-state index in [1.165, 1.54) is 238 Å². The van der Waals surface area contributed by atoms with Crippen LogP contribution in [-0.2, 0) is 23.8 Å². The highest BCUT2D eigenvalue weighted by atomic mass is 16.7. The number of amides is 1. The van der Waals surface area contributed by atoms with Gasteiger partial charge in [0.2, 0.25) is 5.91 Å². The van der Waals surface area contributed by atoms with E-state index in [0.717, 1.165) is 70.6 Å². The molecule has 476 valence electrons. The summed E-state index contributed by atoms with van der Waals surface area (Å²) in [4.78, 5) is 25.1. The third kappa shape index (κ3) is 48.8. The molecule has 0 aromatic heterocycles. The zero-order chi connectivity index (χ0) is 58.7. The number of rotatable bonds is 61. The molecule has 6 N–H and O–H groups in total. The molecular weight excluding hydrogens is 1010 g/mol. The Bertz CT molecular complexity index is 1440. The van der Waals surface area contributed by atoms with Gasteiger partial charge in [-0.25, -0.2) is 0 Å². The SMILES string of the molecule is CCC/C=C/CC/C=C/CC/C=C/C(O)C(COC1OC(CO)C(O)C(O)C1O)NC(=O)CCCCCCCCCCCCCCCCCCCCCCCCCCCCCCCCCOC(=O)CCCCCCCCCCCCC. The molecule has 0 aromatic carbocycles. The lowest BCUT2D eigenvalue weighted by atomic mass is 9.99. The number of hydrogen-bond donors (Lipinski definition) is 6. The largest absolute Gasteiger partial charge is 0.466 e. The molecular formula is C70H131NO10. The molecule has 1 rings (SSSR count). The summed E-state index contributed by atoms with van der Waals surface area (Å²) in [5.74, 6) is -0.180. The first-order valence-electron chi connectivity index (χ1n) is 34.8. The van der Waals surface area contributed by atoms with Crippen LogP contribution in [0.25, 0.3) is 0 Å². The van der Waals surface area contributed by atoms with Crippen molar-refractivity contribution in [2.75, 3.05) is 19.8 Å². The fourth-order valence-corrected chi connectivity index (χ4v) is 11.0. The van der Waals surface area contributed by atoms with Crippen molar-refractivity contribution in [1.82, 2.24) is 5.32 Å². The summed E-state index contributed by atoms with van der Waals surface area (Å²) in [6, 6.07) is -0.831. The van der Waals surface area contributed by atoms with E-state index in [4.69, 9.17) is 14.2 Å². The molecule has 0 spiro atoms. The lowest BCUT2D eigenvalue weighted by molar-refractivity contribution is -0.302. The molecule has 1 amide bonds. The number of allylic oxidation sites excluding steroid dienone is 5. The number of nitrogens with one attached hydrogen (secondary N) is 1. The molecule has 1 aliphatic heterocycles. The van der Waals surface area contributed by atoms with Crippen LogP contribution < -0.4 is 5.32 Å². The number of unbranched alkanes of at least 4 members (excludes halogenated alkanes) is 43. The van der Waals surface area contributed by atoms with Crippen LogP contribution in [0.5, 0.6) is 0 Å². The van der Waals surface area contributed by atoms with Gasteiger partial charge in [-0.3, -0.25) is 9.59 Å². The van der Waals surface area contributed by atoms with Gasteiger partial charge >= 0.3 is 5.97 Å². The Kier molecular flexibility index (Phi) is 56.6. The number of aliphatic hydroxyl groups excluding tert-OH is 5. The minimum Gasteiger partial charge on any atom is -0.466 e. The van der Waals surface area contributed by atoms with Crippen molar-refractivity contribution in [2.45, 2.75) is 378 Å². The minimum atomic E-state index is -1.58. The monoisotopic (exact) mass is 1150 g/mol. The number of esters is 1. The second-order valence-electron chi connectivity index (χ2n) is 24.2. The quantitative estimate of drug-likeness (QED) is 0.0195. The van der Waals surface area contributed by atoms with E-state index in [-0.39, 0.29) is 18.5 Å². The van der Waals surface area contributed by atoms with Crippen molar-refractivity contribution in [3.63, 3.8) is 0 Å². The normalized spacial score (nSPS) is 18.4. The smallest absolute Gasteiger partial charge is 0.305 e. The van der Waals surface area contributed by atoms with Crippen LogP contribution in [0.4, 0.5) is 0 Å². The highest BCUT2D eigenvalue weighted by Crippen LogP contribution is 2.23. The number of aliphatic hydroxyl groups is 5. The third-order valence-electron chi connectivity index (χ3n) is 16.5. The fourth-order valence-electron chi connectivity index (χ4n) is 11.0. The first-order valence-corrected chi connectivity index (χ1v) is 34.8. The number of hydrogen-bond acceptors (Lipinski definition) is 10. The van der Waals surface area contributed by atoms with Gasteiger partial charge in [-0.2, -0.15) is 0 Å². The molecule has 1 heterocycles. The summed E-state index contributed by atoms with van der Waals surface area (Å²) in [6.45, 7) is 4.28. The highest BCUT2D eigenvalue weighted by Gasteiger charge is 2.44. The molecule has 0 radical (unpaired) electrons. The predicted molar refractivity (Wildman–Crippen MR) is 338 cm³/mol. The van der Waals surface area contributed by atoms with Crippen LogP contribution in [-0.4, -0.2) is 100 Å². The second kappa shape index (κ2) is 59.6. The van der Waals surface area contributed by atoms with Crippen LogP contribution in [0.1, 0.15) is 335 Å². The van der Waals surface area contributed by atoms with Crippen LogP contribution in [0, 0.1) is 0 Å². The number of carbonyl (C=O) groups is 2. The van der Waals surface area contributed by atoms with E-state index < -0.39 is 49.5 Å². The Balaban J connectivity index is 1.93. The molecule has 11 heteroatoms. The van der Waals surface area contributed by atoms with Gasteiger partial charge in [0, 0.05) is 12.8 Å². The van der Waals surface area contributed by atoms with Gasteiger partial charge in [0.25, 0.3) is 0 Å². The van der Waals surface area contributed by atoms with Gasteiger partial charge in [-0.05, 0) is 51.4 Å². The number of carbonyl (C=O) groups excluding carboxylic acids is 2. The molecule has 7 atom stereocenters. The summed E-state index contributed by atoms with van der Waals surface area (Å²) in [5, 5.41) is 54.3. The maximum Gasteiger partial charge on any atom is 0.305 e. The van der Waals surface area contributed by atoms with Gasteiger partial charge in [-0.1, -0.05) is 307 Å². The topological polar surface area (TPSA) is 175 Å². The summed E-state index contributed by atoms with van der Waals surface area (Å²) in [5.41, 5.74) is 0. The second-order valence-corrected chi connectivity index (χ2v) is 24.2. The van der Waals surface area contributed by atoms with E-state index in [1.807, 2.05) is 6.08 Å². The van der Waals surface area contributed by atoms with Crippen LogP contribution in [0.3, 0.4) is 0 Å². The summed E-state index contributed by atoms with van der Waals surface area (Å²) < 4.78 is 16.7. The van der Waals surface area contributed by atoms with E-state index >= 15 is 0 Å². The average molecular weight is 1150 g/mol. The third-order valence-corrected chi connectivity index (χ3v) is 16.5. The zero-order valence-corrected chi connectivity index (χ0v) is 52.8. The van der Waals surface area contributed by atoms with E-state index in [0.29, 0.717) is 19.4 Å². The lowest BCUT2D eigenvalue weighted by Gasteiger charge is -2.40. The molecule has 0 aliphatic carbocycles. The van der Waals surface area contributed by atoms with Crippen molar-refractivity contribution in [1.29, 1.82) is 0 Å². The molecule has 0 saturated carbocycles. The zero-order valence-electron chi connectivity index (χ0n) is 52.8. The fraction of sp³-hybridized carbons (Fsp3) is 0.886. The first kappa shape index (κ1) is 76.9. The molecule has 1 aliphatic rings. The Hall–Kier alpha value is -2.12. The molecule has 1 fully saturated rings. The molecule has 0 bridgehead atoms. The van der Waals surface area contributed by atoms with Crippen LogP contribution in [0.2, 0.25) is 0 Å². The summed E-state index contributed by atoms with van der Waals surface area (Å²) in [6.07, 6.45) is 65.8. The Morgan fingerprint density at radius 1 is 0.444 bits per heavy atom. The van der Waals surface area contributed by atoms with Crippen molar-refractivity contribution < 1.29 is 49.3 Å².